The Bertz CT molecular complexity index is 1600. The first-order chi connectivity index (χ1) is 17.7. The van der Waals surface area contributed by atoms with Gasteiger partial charge in [0.2, 0.25) is 0 Å². The molecule has 0 amide bonds. The van der Waals surface area contributed by atoms with Gasteiger partial charge in [0.15, 0.2) is 0 Å². The standard InChI is InChI=1S/C30H28N6/c1(2-16-4-7-21-25(10-16)35-29(33-21)26-13-18-11-23(18)31-26)15-3-6-20-17(9-15)5-8-22-28(20)36-30(34-22)27-14-19-12-24(19)32-27/h3-4,6-7,9-10,18-19,23-24,26-27,31-32H,5,8,11-14H2,(H,33,35)(H,34,36)/t18-,19-,23-,24-,26+,27+/m1/s1. The third-order valence-electron chi connectivity index (χ3n) is 9.07. The zero-order chi connectivity index (χ0) is 23.4. The van der Waals surface area contributed by atoms with Crippen LogP contribution in [-0.2, 0) is 12.8 Å². The lowest BCUT2D eigenvalue weighted by atomic mass is 9.91. The van der Waals surface area contributed by atoms with Gasteiger partial charge in [0.25, 0.3) is 0 Å². The van der Waals surface area contributed by atoms with Gasteiger partial charge in [-0.15, -0.1) is 0 Å². The smallest absolute Gasteiger partial charge is 0.124 e. The van der Waals surface area contributed by atoms with Crippen molar-refractivity contribution in [3.8, 4) is 23.1 Å². The van der Waals surface area contributed by atoms with Crippen LogP contribution in [0.3, 0.4) is 0 Å². The van der Waals surface area contributed by atoms with Crippen LogP contribution >= 0.6 is 0 Å². The molecule has 9 rings (SSSR count). The van der Waals surface area contributed by atoms with Crippen LogP contribution in [0.1, 0.15) is 71.8 Å². The largest absolute Gasteiger partial charge is 0.344 e. The molecule has 2 aliphatic heterocycles. The maximum Gasteiger partial charge on any atom is 0.124 e. The number of benzene rings is 2. The lowest BCUT2D eigenvalue weighted by Crippen LogP contribution is -2.18. The Labute approximate surface area is 209 Å². The fourth-order valence-corrected chi connectivity index (χ4v) is 6.85. The first-order valence-electron chi connectivity index (χ1n) is 13.5. The van der Waals surface area contributed by atoms with E-state index >= 15 is 0 Å². The highest BCUT2D eigenvalue weighted by atomic mass is 15.1. The van der Waals surface area contributed by atoms with E-state index in [9.17, 15) is 0 Å². The molecule has 5 aliphatic rings. The van der Waals surface area contributed by atoms with Crippen molar-refractivity contribution < 1.29 is 0 Å². The van der Waals surface area contributed by atoms with Crippen molar-refractivity contribution in [1.82, 2.24) is 30.6 Å². The van der Waals surface area contributed by atoms with Crippen molar-refractivity contribution in [1.29, 1.82) is 0 Å². The molecule has 6 atom stereocenters. The Balaban J connectivity index is 0.973. The molecule has 4 N–H and O–H groups in total. The minimum atomic E-state index is 0.373. The molecular weight excluding hydrogens is 444 g/mol. The van der Waals surface area contributed by atoms with Crippen LogP contribution in [-0.4, -0.2) is 32.0 Å². The van der Waals surface area contributed by atoms with Crippen molar-refractivity contribution in [3.05, 3.63) is 70.4 Å². The van der Waals surface area contributed by atoms with Crippen molar-refractivity contribution in [2.24, 2.45) is 11.8 Å². The van der Waals surface area contributed by atoms with Gasteiger partial charge in [-0.1, -0.05) is 17.9 Å². The second kappa shape index (κ2) is 7.09. The number of rotatable bonds is 2. The van der Waals surface area contributed by atoms with Gasteiger partial charge in [0.05, 0.1) is 28.8 Å². The number of nitrogens with zero attached hydrogens (tertiary/aromatic N) is 2. The van der Waals surface area contributed by atoms with Gasteiger partial charge < -0.3 is 20.6 Å². The van der Waals surface area contributed by atoms with E-state index in [-0.39, 0.29) is 0 Å². The molecule has 0 bridgehead atoms. The van der Waals surface area contributed by atoms with E-state index in [1.165, 1.54) is 42.5 Å². The quantitative estimate of drug-likeness (QED) is 0.328. The number of nitrogens with one attached hydrogen (secondary N) is 4. The van der Waals surface area contributed by atoms with Gasteiger partial charge in [-0.25, -0.2) is 9.97 Å². The van der Waals surface area contributed by atoms with Crippen LogP contribution in [0.25, 0.3) is 22.3 Å². The number of hydrogen-bond donors (Lipinski definition) is 4. The van der Waals surface area contributed by atoms with Crippen molar-refractivity contribution in [3.63, 3.8) is 0 Å². The number of hydrogen-bond acceptors (Lipinski definition) is 4. The first kappa shape index (κ1) is 19.7. The number of fused-ring (bicyclic) bond motifs is 6. The lowest BCUT2D eigenvalue weighted by Gasteiger charge is -2.15. The fraction of sp³-hybridized carbons (Fsp3) is 0.400. The Morgan fingerprint density at radius 3 is 2.19 bits per heavy atom. The fourth-order valence-electron chi connectivity index (χ4n) is 6.85. The summed E-state index contributed by atoms with van der Waals surface area (Å²) in [5.41, 5.74) is 9.20. The molecule has 2 saturated heterocycles. The minimum absolute atomic E-state index is 0.373. The minimum Gasteiger partial charge on any atom is -0.344 e. The normalized spacial score (nSPS) is 30.8. The summed E-state index contributed by atoms with van der Waals surface area (Å²) >= 11 is 0. The molecule has 2 aromatic carbocycles. The van der Waals surface area contributed by atoms with E-state index in [1.807, 2.05) is 0 Å². The van der Waals surface area contributed by atoms with E-state index in [4.69, 9.17) is 9.97 Å². The molecule has 4 aromatic rings. The van der Waals surface area contributed by atoms with Gasteiger partial charge in [0, 0.05) is 34.5 Å². The van der Waals surface area contributed by atoms with Gasteiger partial charge in [-0.05, 0) is 86.3 Å². The number of piperidine rings is 2. The number of H-pyrrole nitrogens is 2. The summed E-state index contributed by atoms with van der Waals surface area (Å²) in [5.74, 6) is 10.7. The molecular formula is C30H28N6. The molecule has 178 valence electrons. The zero-order valence-electron chi connectivity index (χ0n) is 20.1. The van der Waals surface area contributed by atoms with E-state index in [0.29, 0.717) is 12.1 Å². The van der Waals surface area contributed by atoms with Crippen LogP contribution < -0.4 is 10.6 Å². The Morgan fingerprint density at radius 2 is 1.44 bits per heavy atom. The summed E-state index contributed by atoms with van der Waals surface area (Å²) in [6, 6.07) is 15.1. The van der Waals surface area contributed by atoms with E-state index in [0.717, 1.165) is 76.3 Å². The summed E-state index contributed by atoms with van der Waals surface area (Å²) < 4.78 is 0. The Kier molecular flexibility index (Phi) is 3.89. The number of aromatic nitrogens is 4. The predicted molar refractivity (Wildman–Crippen MR) is 138 cm³/mol. The van der Waals surface area contributed by atoms with E-state index in [1.54, 1.807) is 0 Å². The molecule has 6 heteroatoms. The molecule has 0 radical (unpaired) electrons. The SMILES string of the molecule is C(#Cc1ccc2nc([C@@H]3C[C@H]4C[C@H]4N3)[nH]c2c1)c1ccc2c(c1)CCc1[nH]c([C@@H]3C[C@H]4C[C@H]4N3)nc1-2. The zero-order valence-corrected chi connectivity index (χ0v) is 20.1. The molecule has 2 saturated carbocycles. The Hall–Kier alpha value is -3.40. The maximum absolute atomic E-state index is 5.05. The predicted octanol–water partition coefficient (Wildman–Crippen LogP) is 4.30. The molecule has 2 aromatic heterocycles. The lowest BCUT2D eigenvalue weighted by molar-refractivity contribution is 0.542. The summed E-state index contributed by atoms with van der Waals surface area (Å²) in [4.78, 5) is 17.1. The van der Waals surface area contributed by atoms with Crippen molar-refractivity contribution in [2.45, 2.75) is 62.7 Å². The number of imidazole rings is 2. The molecule has 0 unspecified atom stereocenters. The molecule has 4 fully saturated rings. The van der Waals surface area contributed by atoms with Gasteiger partial charge in [0.1, 0.15) is 11.6 Å². The van der Waals surface area contributed by atoms with E-state index in [2.05, 4.69) is 68.8 Å². The van der Waals surface area contributed by atoms with Crippen LogP contribution in [0.4, 0.5) is 0 Å². The van der Waals surface area contributed by atoms with Gasteiger partial charge in [-0.3, -0.25) is 0 Å². The number of aromatic amines is 2. The average Bonchev–Trinajstić information content (AvgIpc) is 3.50. The van der Waals surface area contributed by atoms with Crippen LogP contribution in [0.2, 0.25) is 0 Å². The summed E-state index contributed by atoms with van der Waals surface area (Å²) in [6.45, 7) is 0. The second-order valence-corrected chi connectivity index (χ2v) is 11.5. The van der Waals surface area contributed by atoms with E-state index < -0.39 is 0 Å². The van der Waals surface area contributed by atoms with Crippen LogP contribution in [0.5, 0.6) is 0 Å². The average molecular weight is 473 g/mol. The van der Waals surface area contributed by atoms with Gasteiger partial charge >= 0.3 is 0 Å². The van der Waals surface area contributed by atoms with Crippen LogP contribution in [0, 0.1) is 23.7 Å². The molecule has 36 heavy (non-hydrogen) atoms. The van der Waals surface area contributed by atoms with Crippen LogP contribution in [0.15, 0.2) is 36.4 Å². The highest BCUT2D eigenvalue weighted by molar-refractivity contribution is 5.77. The topological polar surface area (TPSA) is 81.4 Å². The first-order valence-corrected chi connectivity index (χ1v) is 13.5. The Morgan fingerprint density at radius 1 is 0.722 bits per heavy atom. The van der Waals surface area contributed by atoms with Crippen molar-refractivity contribution in [2.75, 3.05) is 0 Å². The highest BCUT2D eigenvalue weighted by Gasteiger charge is 2.47. The molecule has 4 heterocycles. The summed E-state index contributed by atoms with van der Waals surface area (Å²) in [5, 5.41) is 7.41. The summed E-state index contributed by atoms with van der Waals surface area (Å²) in [7, 11) is 0. The van der Waals surface area contributed by atoms with Crippen molar-refractivity contribution >= 4 is 11.0 Å². The third-order valence-corrected chi connectivity index (χ3v) is 9.07. The van der Waals surface area contributed by atoms with Gasteiger partial charge in [-0.2, -0.15) is 0 Å². The third kappa shape index (κ3) is 3.13. The molecule has 6 nitrogen and oxygen atoms in total. The second-order valence-electron chi connectivity index (χ2n) is 11.5. The summed E-state index contributed by atoms with van der Waals surface area (Å²) in [6.07, 6.45) is 7.16. The molecule has 3 aliphatic carbocycles. The highest BCUT2D eigenvalue weighted by Crippen LogP contribution is 2.47. The maximum atomic E-state index is 5.05. The number of aryl methyl sites for hydroxylation is 2. The molecule has 0 spiro atoms. The monoisotopic (exact) mass is 472 g/mol.